The molecule has 0 radical (unpaired) electrons. The zero-order valence-electron chi connectivity index (χ0n) is 32.7. The van der Waals surface area contributed by atoms with Crippen LogP contribution in [-0.2, 0) is 37.3 Å². The molecule has 7 rings (SSSR count). The van der Waals surface area contributed by atoms with Crippen LogP contribution < -0.4 is 4.98 Å². The molecule has 272 valence electrons. The summed E-state index contributed by atoms with van der Waals surface area (Å²) in [5.41, 5.74) is 15.1. The SMILES string of the molecule is Cc1cc(C(C)(C)C)cc(C)c1-c1cc(-c2cccc(F)n2)[c-]c(-c2cc(C(C)(C)C)cc3c2[n-]c2c(-c4ccccn4)cc(C(C)(C)C)cc23)c1.[Pt+2]. The van der Waals surface area contributed by atoms with E-state index in [0.717, 1.165) is 60.9 Å². The van der Waals surface area contributed by atoms with E-state index in [1.807, 2.05) is 24.4 Å². The summed E-state index contributed by atoms with van der Waals surface area (Å²) in [5.74, 6) is -0.516. The predicted octanol–water partition coefficient (Wildman–Crippen LogP) is 12.9. The predicted molar refractivity (Wildman–Crippen MR) is 216 cm³/mol. The quantitative estimate of drug-likeness (QED) is 0.131. The van der Waals surface area contributed by atoms with Crippen LogP contribution >= 0.6 is 0 Å². The van der Waals surface area contributed by atoms with Crippen molar-refractivity contribution in [3.05, 3.63) is 131 Å². The first-order chi connectivity index (χ1) is 24.4. The van der Waals surface area contributed by atoms with Crippen LogP contribution in [-0.4, -0.2) is 9.97 Å². The van der Waals surface area contributed by atoms with Crippen molar-refractivity contribution in [2.45, 2.75) is 92.4 Å². The zero-order valence-corrected chi connectivity index (χ0v) is 35.0. The van der Waals surface area contributed by atoms with Crippen LogP contribution in [0.3, 0.4) is 0 Å². The van der Waals surface area contributed by atoms with Crippen molar-refractivity contribution in [2.24, 2.45) is 0 Å². The van der Waals surface area contributed by atoms with Crippen LogP contribution in [0.25, 0.3) is 66.6 Å². The smallest absolute Gasteiger partial charge is 0.662 e. The fourth-order valence-corrected chi connectivity index (χ4v) is 7.23. The van der Waals surface area contributed by atoms with E-state index in [4.69, 9.17) is 9.97 Å². The number of aryl methyl sites for hydroxylation is 2. The summed E-state index contributed by atoms with van der Waals surface area (Å²) in [6, 6.07) is 32.8. The van der Waals surface area contributed by atoms with E-state index >= 15 is 0 Å². The van der Waals surface area contributed by atoms with Gasteiger partial charge in [0.1, 0.15) is 0 Å². The summed E-state index contributed by atoms with van der Waals surface area (Å²) >= 11 is 0. The maximum Gasteiger partial charge on any atom is 2.00 e. The molecule has 0 spiro atoms. The Morgan fingerprint density at radius 3 is 1.66 bits per heavy atom. The summed E-state index contributed by atoms with van der Waals surface area (Å²) in [7, 11) is 0. The van der Waals surface area contributed by atoms with E-state index in [1.165, 1.54) is 33.9 Å². The van der Waals surface area contributed by atoms with Gasteiger partial charge >= 0.3 is 21.1 Å². The zero-order chi connectivity index (χ0) is 37.3. The minimum absolute atomic E-state index is 0. The van der Waals surface area contributed by atoms with Crippen molar-refractivity contribution in [2.75, 3.05) is 0 Å². The summed E-state index contributed by atoms with van der Waals surface area (Å²) in [6.45, 7) is 24.6. The van der Waals surface area contributed by atoms with Gasteiger partial charge in [-0.3, -0.25) is 9.97 Å². The molecule has 0 N–H and O–H groups in total. The largest absolute Gasteiger partial charge is 2.00 e. The van der Waals surface area contributed by atoms with Crippen LogP contribution in [0.4, 0.5) is 4.39 Å². The fourth-order valence-electron chi connectivity index (χ4n) is 7.23. The maximum atomic E-state index is 14.6. The molecule has 0 saturated heterocycles. The van der Waals surface area contributed by atoms with Gasteiger partial charge in [0.2, 0.25) is 5.95 Å². The number of benzene rings is 4. The fraction of sp³-hybridized carbons (Fsp3) is 0.292. The van der Waals surface area contributed by atoms with Gasteiger partial charge in [-0.1, -0.05) is 134 Å². The summed E-state index contributed by atoms with van der Waals surface area (Å²) in [6.07, 6.45) is 1.84. The van der Waals surface area contributed by atoms with Gasteiger partial charge in [0.25, 0.3) is 0 Å². The standard InChI is InChI=1S/C48H48FN3.Pt/c1-28-19-33(46(3,4)5)20-29(2)43(28)32-22-30(21-31(23-32)40-16-14-17-42(49)51-40)36-24-34(47(6,7)8)25-37-38-26-35(48(9,10)11)27-39(45(38)52-44(36)37)41-15-12-13-18-50-41;/h12-20,22-27H,1-11H3;/q-2;+2. The van der Waals surface area contributed by atoms with E-state index in [0.29, 0.717) is 5.69 Å². The van der Waals surface area contributed by atoms with Gasteiger partial charge < -0.3 is 4.98 Å². The summed E-state index contributed by atoms with van der Waals surface area (Å²) in [5, 5.41) is 2.22. The first-order valence-corrected chi connectivity index (χ1v) is 18.2. The Hall–Kier alpha value is -4.40. The second-order valence-electron chi connectivity index (χ2n) is 17.4. The van der Waals surface area contributed by atoms with Gasteiger partial charge in [0.05, 0.1) is 5.69 Å². The Bertz CT molecular complexity index is 2470. The third-order valence-corrected chi connectivity index (χ3v) is 10.2. The summed E-state index contributed by atoms with van der Waals surface area (Å²) < 4.78 is 14.6. The van der Waals surface area contributed by atoms with Crippen LogP contribution in [0.1, 0.15) is 90.1 Å². The van der Waals surface area contributed by atoms with Crippen LogP contribution in [0, 0.1) is 25.9 Å². The number of pyridine rings is 2. The van der Waals surface area contributed by atoms with Crippen molar-refractivity contribution in [3.8, 4) is 44.8 Å². The van der Waals surface area contributed by atoms with E-state index in [2.05, 4.69) is 142 Å². The van der Waals surface area contributed by atoms with Crippen LogP contribution in [0.2, 0.25) is 0 Å². The minimum Gasteiger partial charge on any atom is -0.662 e. The molecule has 0 fully saturated rings. The third-order valence-electron chi connectivity index (χ3n) is 10.2. The second kappa shape index (κ2) is 13.8. The molecule has 0 unspecified atom stereocenters. The molecule has 3 heterocycles. The van der Waals surface area contributed by atoms with Crippen molar-refractivity contribution in [1.29, 1.82) is 0 Å². The number of fused-ring (bicyclic) bond motifs is 3. The van der Waals surface area contributed by atoms with E-state index in [-0.39, 0.29) is 37.3 Å². The van der Waals surface area contributed by atoms with E-state index in [9.17, 15) is 4.39 Å². The molecule has 0 aliphatic heterocycles. The minimum atomic E-state index is -0.516. The number of aromatic nitrogens is 3. The molecule has 0 saturated carbocycles. The average Bonchev–Trinajstić information content (AvgIpc) is 3.45. The third kappa shape index (κ3) is 7.41. The molecule has 4 aromatic carbocycles. The molecule has 5 heteroatoms. The summed E-state index contributed by atoms with van der Waals surface area (Å²) in [4.78, 5) is 14.6. The van der Waals surface area contributed by atoms with E-state index in [1.54, 1.807) is 6.07 Å². The van der Waals surface area contributed by atoms with Crippen LogP contribution in [0.15, 0.2) is 91.1 Å². The first kappa shape index (κ1) is 38.3. The molecule has 3 aromatic heterocycles. The molecule has 0 atom stereocenters. The number of rotatable bonds is 4. The Kier molecular flexibility index (Phi) is 9.97. The van der Waals surface area contributed by atoms with Crippen molar-refractivity contribution < 1.29 is 25.5 Å². The Morgan fingerprint density at radius 2 is 1.11 bits per heavy atom. The van der Waals surface area contributed by atoms with Gasteiger partial charge in [-0.05, 0) is 98.0 Å². The number of hydrogen-bond donors (Lipinski definition) is 0. The molecule has 0 amide bonds. The number of nitrogens with zero attached hydrogens (tertiary/aromatic N) is 3. The Labute approximate surface area is 328 Å². The Balaban J connectivity index is 0.00000481. The molecule has 53 heavy (non-hydrogen) atoms. The average molecular weight is 881 g/mol. The second-order valence-corrected chi connectivity index (χ2v) is 17.4. The number of halogens is 1. The monoisotopic (exact) mass is 880 g/mol. The van der Waals surface area contributed by atoms with Crippen molar-refractivity contribution >= 4 is 21.8 Å². The molecule has 0 aliphatic rings. The molecule has 0 bridgehead atoms. The molecular formula is C48H48FN3Pt. The maximum absolute atomic E-state index is 14.6. The van der Waals surface area contributed by atoms with Crippen molar-refractivity contribution in [3.63, 3.8) is 0 Å². The normalized spacial score (nSPS) is 12.4. The van der Waals surface area contributed by atoms with Gasteiger partial charge in [-0.2, -0.15) is 9.91 Å². The van der Waals surface area contributed by atoms with Crippen LogP contribution in [0.5, 0.6) is 0 Å². The van der Waals surface area contributed by atoms with Crippen molar-refractivity contribution in [1.82, 2.24) is 15.0 Å². The topological polar surface area (TPSA) is 39.9 Å². The van der Waals surface area contributed by atoms with Gasteiger partial charge in [-0.15, -0.1) is 29.3 Å². The van der Waals surface area contributed by atoms with Gasteiger partial charge in [0.15, 0.2) is 0 Å². The van der Waals surface area contributed by atoms with Gasteiger partial charge in [-0.25, -0.2) is 0 Å². The molecule has 7 aromatic rings. The number of hydrogen-bond acceptors (Lipinski definition) is 2. The first-order valence-electron chi connectivity index (χ1n) is 18.2. The Morgan fingerprint density at radius 1 is 0.585 bits per heavy atom. The molecule has 3 nitrogen and oxygen atoms in total. The molecule has 0 aliphatic carbocycles. The van der Waals surface area contributed by atoms with E-state index < -0.39 is 5.95 Å². The van der Waals surface area contributed by atoms with Gasteiger partial charge in [0, 0.05) is 11.9 Å². The molecular weight excluding hydrogens is 833 g/mol.